The van der Waals surface area contributed by atoms with Gasteiger partial charge in [-0.1, -0.05) is 0 Å². The monoisotopic (exact) mass is 234 g/mol. The van der Waals surface area contributed by atoms with E-state index in [1.807, 2.05) is 13.0 Å². The van der Waals surface area contributed by atoms with E-state index < -0.39 is 0 Å². The highest BCUT2D eigenvalue weighted by Crippen LogP contribution is 2.07. The number of amides is 1. The van der Waals surface area contributed by atoms with Crippen LogP contribution in [0, 0.1) is 6.92 Å². The Labute approximate surface area is 101 Å². The zero-order valence-electron chi connectivity index (χ0n) is 10.1. The minimum atomic E-state index is 0.138. The maximum atomic E-state index is 11.4. The molecule has 92 valence electrons. The highest BCUT2D eigenvalue weighted by Gasteiger charge is 2.16. The van der Waals surface area contributed by atoms with Crippen molar-refractivity contribution in [3.05, 3.63) is 23.8 Å². The van der Waals surface area contributed by atoms with Crippen LogP contribution in [0.1, 0.15) is 30.8 Å². The minimum Gasteiger partial charge on any atom is -0.356 e. The van der Waals surface area contributed by atoms with Crippen LogP contribution < -0.4 is 10.6 Å². The molecule has 1 saturated heterocycles. The lowest BCUT2D eigenvalue weighted by molar-refractivity contribution is -0.121. The molecule has 0 bridgehead atoms. The van der Waals surface area contributed by atoms with Crippen LogP contribution in [0.3, 0.4) is 0 Å². The Bertz CT molecular complexity index is 394. The topological polar surface area (TPSA) is 66.9 Å². The molecule has 5 nitrogen and oxygen atoms in total. The van der Waals surface area contributed by atoms with Crippen LogP contribution in [-0.4, -0.2) is 28.5 Å². The van der Waals surface area contributed by atoms with Gasteiger partial charge in [-0.05, 0) is 25.8 Å². The van der Waals surface area contributed by atoms with Crippen LogP contribution in [0.5, 0.6) is 0 Å². The Kier molecular flexibility index (Phi) is 4.03. The predicted octanol–water partition coefficient (Wildman–Crippen LogP) is 0.543. The van der Waals surface area contributed by atoms with E-state index in [1.165, 1.54) is 0 Å². The molecule has 1 aromatic rings. The van der Waals surface area contributed by atoms with E-state index in [4.69, 9.17) is 0 Å². The number of hydrogen-bond acceptors (Lipinski definition) is 4. The van der Waals surface area contributed by atoms with E-state index in [2.05, 4.69) is 20.6 Å². The van der Waals surface area contributed by atoms with E-state index in [9.17, 15) is 4.79 Å². The van der Waals surface area contributed by atoms with Crippen LogP contribution >= 0.6 is 0 Å². The van der Waals surface area contributed by atoms with Crippen molar-refractivity contribution in [2.45, 2.75) is 38.8 Å². The molecule has 1 fully saturated rings. The van der Waals surface area contributed by atoms with Crippen molar-refractivity contribution in [1.29, 1.82) is 0 Å². The number of nitrogens with one attached hydrogen (secondary N) is 2. The number of aromatic nitrogens is 2. The first-order chi connectivity index (χ1) is 8.24. The second kappa shape index (κ2) is 5.72. The van der Waals surface area contributed by atoms with E-state index >= 15 is 0 Å². The lowest BCUT2D eigenvalue weighted by Gasteiger charge is -2.14. The molecule has 2 heterocycles. The summed E-state index contributed by atoms with van der Waals surface area (Å²) in [5.41, 5.74) is 0.974. The second-order valence-corrected chi connectivity index (χ2v) is 4.37. The van der Waals surface area contributed by atoms with E-state index in [0.29, 0.717) is 13.0 Å². The summed E-state index contributed by atoms with van der Waals surface area (Å²) in [6, 6.07) is 2.16. The van der Waals surface area contributed by atoms with Crippen molar-refractivity contribution in [1.82, 2.24) is 20.6 Å². The highest BCUT2D eigenvalue weighted by molar-refractivity contribution is 5.76. The Morgan fingerprint density at radius 3 is 3.29 bits per heavy atom. The fourth-order valence-electron chi connectivity index (χ4n) is 2.00. The Morgan fingerprint density at radius 2 is 2.47 bits per heavy atom. The summed E-state index contributed by atoms with van der Waals surface area (Å²) < 4.78 is 0. The third-order valence-electron chi connectivity index (χ3n) is 2.89. The maximum Gasteiger partial charge on any atom is 0.221 e. The van der Waals surface area contributed by atoms with Crippen LogP contribution in [0.15, 0.2) is 12.3 Å². The third-order valence-corrected chi connectivity index (χ3v) is 2.89. The molecule has 1 atom stereocenters. The minimum absolute atomic E-state index is 0.138. The highest BCUT2D eigenvalue weighted by atomic mass is 16.1. The molecule has 0 radical (unpaired) electrons. The smallest absolute Gasteiger partial charge is 0.221 e. The van der Waals surface area contributed by atoms with Gasteiger partial charge in [0.15, 0.2) is 0 Å². The molecule has 1 aliphatic heterocycles. The first kappa shape index (κ1) is 12.0. The Morgan fingerprint density at radius 1 is 1.59 bits per heavy atom. The lowest BCUT2D eigenvalue weighted by Crippen LogP contribution is -2.32. The van der Waals surface area contributed by atoms with Crippen molar-refractivity contribution in [3.63, 3.8) is 0 Å². The molecule has 0 spiro atoms. The maximum absolute atomic E-state index is 11.4. The van der Waals surface area contributed by atoms with Gasteiger partial charge in [0.05, 0.1) is 5.69 Å². The average molecular weight is 234 g/mol. The number of hydrogen-bond donors (Lipinski definition) is 2. The average Bonchev–Trinajstić information content (AvgIpc) is 2.51. The first-order valence-corrected chi connectivity index (χ1v) is 6.02. The van der Waals surface area contributed by atoms with Gasteiger partial charge >= 0.3 is 0 Å². The summed E-state index contributed by atoms with van der Waals surface area (Å²) in [5.74, 6) is 0.918. The molecule has 2 rings (SSSR count). The molecular formula is C12H18N4O. The lowest BCUT2D eigenvalue weighted by atomic mass is 10.1. The fourth-order valence-corrected chi connectivity index (χ4v) is 2.00. The summed E-state index contributed by atoms with van der Waals surface area (Å²) >= 11 is 0. The molecule has 0 aliphatic carbocycles. The SMILES string of the molecule is Cc1nccc(CNC2CCCNC(=O)C2)n1. The summed E-state index contributed by atoms with van der Waals surface area (Å²) in [5, 5.41) is 6.26. The van der Waals surface area contributed by atoms with Gasteiger partial charge in [0.2, 0.25) is 5.91 Å². The zero-order chi connectivity index (χ0) is 12.1. The quantitative estimate of drug-likeness (QED) is 0.801. The molecule has 1 aromatic heterocycles. The summed E-state index contributed by atoms with van der Waals surface area (Å²) in [6.45, 7) is 3.37. The summed E-state index contributed by atoms with van der Waals surface area (Å²) in [6.07, 6.45) is 4.39. The largest absolute Gasteiger partial charge is 0.356 e. The number of aryl methyl sites for hydroxylation is 1. The van der Waals surface area contributed by atoms with Gasteiger partial charge in [0.25, 0.3) is 0 Å². The number of carbonyl (C=O) groups is 1. The molecule has 1 amide bonds. The molecule has 2 N–H and O–H groups in total. The third kappa shape index (κ3) is 3.78. The van der Waals surface area contributed by atoms with Gasteiger partial charge in [-0.2, -0.15) is 0 Å². The number of nitrogens with zero attached hydrogens (tertiary/aromatic N) is 2. The van der Waals surface area contributed by atoms with Crippen LogP contribution in [-0.2, 0) is 11.3 Å². The number of rotatable bonds is 3. The zero-order valence-corrected chi connectivity index (χ0v) is 10.1. The molecule has 1 unspecified atom stereocenters. The first-order valence-electron chi connectivity index (χ1n) is 6.02. The Hall–Kier alpha value is -1.49. The Balaban J connectivity index is 1.86. The van der Waals surface area contributed by atoms with Crippen molar-refractivity contribution in [2.24, 2.45) is 0 Å². The normalized spacial score (nSPS) is 20.8. The molecule has 5 heteroatoms. The summed E-state index contributed by atoms with van der Waals surface area (Å²) in [7, 11) is 0. The van der Waals surface area contributed by atoms with E-state index in [0.717, 1.165) is 30.9 Å². The van der Waals surface area contributed by atoms with Gasteiger partial charge in [0, 0.05) is 31.7 Å². The van der Waals surface area contributed by atoms with Gasteiger partial charge in [-0.25, -0.2) is 9.97 Å². The summed E-state index contributed by atoms with van der Waals surface area (Å²) in [4.78, 5) is 19.8. The van der Waals surface area contributed by atoms with Gasteiger partial charge in [0.1, 0.15) is 5.82 Å². The van der Waals surface area contributed by atoms with Crippen LogP contribution in [0.4, 0.5) is 0 Å². The predicted molar refractivity (Wildman–Crippen MR) is 64.3 cm³/mol. The standard InChI is InChI=1S/C12H18N4O/c1-9-13-6-4-11(16-9)8-15-10-3-2-5-14-12(17)7-10/h4,6,10,15H,2-3,5,7-8H2,1H3,(H,14,17). The molecule has 0 aromatic carbocycles. The van der Waals surface area contributed by atoms with Gasteiger partial charge in [-0.3, -0.25) is 4.79 Å². The van der Waals surface area contributed by atoms with E-state index in [-0.39, 0.29) is 11.9 Å². The van der Waals surface area contributed by atoms with Crippen molar-refractivity contribution in [2.75, 3.05) is 6.54 Å². The molecule has 0 saturated carbocycles. The molecule has 1 aliphatic rings. The second-order valence-electron chi connectivity index (χ2n) is 4.37. The van der Waals surface area contributed by atoms with Gasteiger partial charge in [-0.15, -0.1) is 0 Å². The fraction of sp³-hybridized carbons (Fsp3) is 0.583. The van der Waals surface area contributed by atoms with Crippen molar-refractivity contribution < 1.29 is 4.79 Å². The van der Waals surface area contributed by atoms with E-state index in [1.54, 1.807) is 6.20 Å². The van der Waals surface area contributed by atoms with Crippen LogP contribution in [0.2, 0.25) is 0 Å². The van der Waals surface area contributed by atoms with Crippen molar-refractivity contribution in [3.8, 4) is 0 Å². The van der Waals surface area contributed by atoms with Crippen molar-refractivity contribution >= 4 is 5.91 Å². The van der Waals surface area contributed by atoms with Gasteiger partial charge < -0.3 is 10.6 Å². The van der Waals surface area contributed by atoms with Crippen LogP contribution in [0.25, 0.3) is 0 Å². The molecule has 17 heavy (non-hydrogen) atoms. The molecular weight excluding hydrogens is 216 g/mol. The number of carbonyl (C=O) groups excluding carboxylic acids is 1.